The Morgan fingerprint density at radius 3 is 2.83 bits per heavy atom. The van der Waals surface area contributed by atoms with Crippen LogP contribution in [0.5, 0.6) is 0 Å². The lowest BCUT2D eigenvalue weighted by Crippen LogP contribution is -2.06. The van der Waals surface area contributed by atoms with Gasteiger partial charge in [-0.05, 0) is 0 Å². The summed E-state index contributed by atoms with van der Waals surface area (Å²) in [5.41, 5.74) is 2.43. The molecule has 1 aliphatic rings. The molecule has 1 aliphatic heterocycles. The molecule has 1 heterocycles. The van der Waals surface area contributed by atoms with Gasteiger partial charge in [-0.2, -0.15) is 0 Å². The Morgan fingerprint density at radius 1 is 1.83 bits per heavy atom. The summed E-state index contributed by atoms with van der Waals surface area (Å²) < 4.78 is 0. The highest BCUT2D eigenvalue weighted by Gasteiger charge is 2.06. The van der Waals surface area contributed by atoms with Crippen molar-refractivity contribution in [3.8, 4) is 0 Å². The Morgan fingerprint density at radius 2 is 2.67 bits per heavy atom. The number of aliphatic hydroxyl groups is 1. The van der Waals surface area contributed by atoms with Crippen LogP contribution in [0.3, 0.4) is 0 Å². The molecule has 0 amide bonds. The first-order chi connectivity index (χ1) is 2.89. The number of nitrogens with one attached hydrogen (secondary N) is 1. The fourth-order valence-corrected chi connectivity index (χ4v) is 0.252. The van der Waals surface area contributed by atoms with Gasteiger partial charge in [0.05, 0.1) is 12.3 Å². The highest BCUT2D eigenvalue weighted by Crippen LogP contribution is 1.70. The molecule has 1 rings (SSSR count). The lowest BCUT2D eigenvalue weighted by Gasteiger charge is -1.54. The van der Waals surface area contributed by atoms with Crippen molar-refractivity contribution in [2.75, 3.05) is 0 Å². The maximum atomic E-state index is 8.33. The molecule has 6 heavy (non-hydrogen) atoms. The quantitative estimate of drug-likeness (QED) is 0.408. The van der Waals surface area contributed by atoms with Crippen LogP contribution in [0, 0.1) is 0 Å². The Kier molecular flexibility index (Phi) is 0.538. The molecule has 0 aromatic heterocycles. The van der Waals surface area contributed by atoms with Gasteiger partial charge in [-0.3, -0.25) is 0 Å². The monoisotopic (exact) mass is 84.0 g/mol. The molecule has 0 unspecified atom stereocenters. The first kappa shape index (κ1) is 3.21. The van der Waals surface area contributed by atoms with Gasteiger partial charge < -0.3 is 5.11 Å². The maximum Gasteiger partial charge on any atom is 0.467 e. The molecule has 3 nitrogen and oxygen atoms in total. The summed E-state index contributed by atoms with van der Waals surface area (Å²) in [6.45, 7) is 0. The molecule has 0 spiro atoms. The number of aliphatic hydroxyl groups excluding tert-OH is 1. The first-order valence-electron chi connectivity index (χ1n) is 1.58. The molecule has 31 valence electrons. The minimum Gasteiger partial charge on any atom is -0.453 e. The molecular weight excluding hydrogens is 80.0 g/mol. The normalized spacial score (nSPS) is 17.0. The average Bonchev–Trinajstić information content (AvgIpc) is 1.86. The van der Waals surface area contributed by atoms with Crippen molar-refractivity contribution in [3.63, 3.8) is 0 Å². The minimum atomic E-state index is 0.0370. The summed E-state index contributed by atoms with van der Waals surface area (Å²) in [7, 11) is 0. The number of hydrogen-bond acceptors (Lipinski definition) is 2. The van der Waals surface area contributed by atoms with Gasteiger partial charge in [0.2, 0.25) is 5.10 Å². The van der Waals surface area contributed by atoms with Crippen molar-refractivity contribution in [3.05, 3.63) is 12.3 Å². The molecule has 0 saturated carbocycles. The summed E-state index contributed by atoms with van der Waals surface area (Å²) in [6.07, 6.45) is 3.02. The minimum absolute atomic E-state index is 0.0370. The number of nitrogens with zero attached hydrogens (tertiary/aromatic N) is 1. The molecule has 0 aromatic carbocycles. The van der Waals surface area contributed by atoms with Gasteiger partial charge >= 0.3 is 5.90 Å². The van der Waals surface area contributed by atoms with E-state index >= 15 is 0 Å². The average molecular weight is 84.1 g/mol. The summed E-state index contributed by atoms with van der Waals surface area (Å²) in [4.78, 5) is 0. The van der Waals surface area contributed by atoms with Crippen molar-refractivity contribution < 1.29 is 5.11 Å². The van der Waals surface area contributed by atoms with E-state index in [1.807, 2.05) is 0 Å². The van der Waals surface area contributed by atoms with Gasteiger partial charge in [0.25, 0.3) is 0 Å². The van der Waals surface area contributed by atoms with Crippen molar-refractivity contribution in [2.45, 2.75) is 0 Å². The molecule has 1 radical (unpaired) electrons. The fourth-order valence-electron chi connectivity index (χ4n) is 0.252. The van der Waals surface area contributed by atoms with E-state index in [1.54, 1.807) is 6.20 Å². The molecule has 0 bridgehead atoms. The Labute approximate surface area is 35.0 Å². The number of hydrogen-bond donors (Lipinski definition) is 2. The van der Waals surface area contributed by atoms with Gasteiger partial charge in [-0.1, -0.05) is 0 Å². The highest BCUT2D eigenvalue weighted by atomic mass is 16.3. The summed E-state index contributed by atoms with van der Waals surface area (Å²) >= 11 is 0. The maximum absolute atomic E-state index is 8.33. The second kappa shape index (κ2) is 1.01. The fraction of sp³-hybridized carbons (Fsp3) is 0. The van der Waals surface area contributed by atoms with Crippen LogP contribution in [0.2, 0.25) is 0 Å². The van der Waals surface area contributed by atoms with E-state index in [4.69, 9.17) is 5.11 Å². The molecule has 0 atom stereocenters. The van der Waals surface area contributed by atoms with Gasteiger partial charge in [0.1, 0.15) is 0 Å². The Hall–Kier alpha value is -0.990. The lowest BCUT2D eigenvalue weighted by atomic mass is 10.6. The van der Waals surface area contributed by atoms with Crippen LogP contribution in [-0.2, 0) is 0 Å². The van der Waals surface area contributed by atoms with E-state index < -0.39 is 0 Å². The van der Waals surface area contributed by atoms with Crippen molar-refractivity contribution in [2.24, 2.45) is 0 Å². The standard InChI is InChI=1S/C3H4N2O/c6-3-1-2-4-5-3/h1-2,4,6H/q+1. The molecule has 3 heteroatoms. The van der Waals surface area contributed by atoms with E-state index in [-0.39, 0.29) is 5.90 Å². The van der Waals surface area contributed by atoms with Crippen LogP contribution < -0.4 is 10.5 Å². The van der Waals surface area contributed by atoms with E-state index in [2.05, 4.69) is 10.5 Å². The van der Waals surface area contributed by atoms with Gasteiger partial charge in [0, 0.05) is 0 Å². The van der Waals surface area contributed by atoms with Crippen LogP contribution in [-0.4, -0.2) is 11.0 Å². The van der Waals surface area contributed by atoms with Crippen LogP contribution in [0.1, 0.15) is 0 Å². The molecule has 0 fully saturated rings. The SMILES string of the molecule is OC1=[N+]NC=C1. The predicted octanol–water partition coefficient (Wildman–Crippen LogP) is -0.689. The van der Waals surface area contributed by atoms with Crippen LogP contribution in [0.25, 0.3) is 0 Å². The topological polar surface area (TPSA) is 46.4 Å². The van der Waals surface area contributed by atoms with Crippen LogP contribution >= 0.6 is 0 Å². The van der Waals surface area contributed by atoms with E-state index in [9.17, 15) is 0 Å². The molecule has 0 saturated heterocycles. The molecule has 2 N–H and O–H groups in total. The largest absolute Gasteiger partial charge is 0.467 e. The van der Waals surface area contributed by atoms with Gasteiger partial charge in [-0.15, -0.1) is 5.43 Å². The first-order valence-corrected chi connectivity index (χ1v) is 1.58. The second-order valence-corrected chi connectivity index (χ2v) is 0.932. The number of hydrazone groups is 1. The summed E-state index contributed by atoms with van der Waals surface area (Å²) in [5, 5.41) is 11.7. The molecule has 0 aliphatic carbocycles. The Bertz CT molecular complexity index is 103. The highest BCUT2D eigenvalue weighted by molar-refractivity contribution is 5.85. The Balaban J connectivity index is 2.68. The van der Waals surface area contributed by atoms with Crippen molar-refractivity contribution in [1.82, 2.24) is 10.5 Å². The third-order valence-corrected chi connectivity index (χ3v) is 0.486. The number of rotatable bonds is 0. The zero-order chi connectivity index (χ0) is 4.41. The summed E-state index contributed by atoms with van der Waals surface area (Å²) in [5.74, 6) is 0.0370. The van der Waals surface area contributed by atoms with Gasteiger partial charge in [-0.25, -0.2) is 0 Å². The van der Waals surface area contributed by atoms with Crippen molar-refractivity contribution in [1.29, 1.82) is 0 Å². The zero-order valence-electron chi connectivity index (χ0n) is 3.05. The molecular formula is C3H4N2O+. The molecule has 0 aromatic rings. The second-order valence-electron chi connectivity index (χ2n) is 0.932. The van der Waals surface area contributed by atoms with Gasteiger partial charge in [0.15, 0.2) is 0 Å². The van der Waals surface area contributed by atoms with E-state index in [0.717, 1.165) is 0 Å². The van der Waals surface area contributed by atoms with E-state index in [0.29, 0.717) is 0 Å². The lowest BCUT2D eigenvalue weighted by molar-refractivity contribution is 0.545. The van der Waals surface area contributed by atoms with E-state index in [1.165, 1.54) is 6.08 Å². The smallest absolute Gasteiger partial charge is 0.453 e. The third kappa shape index (κ3) is 0.337. The van der Waals surface area contributed by atoms with Crippen LogP contribution in [0.15, 0.2) is 12.3 Å². The predicted molar refractivity (Wildman–Crippen MR) is 22.0 cm³/mol. The third-order valence-electron chi connectivity index (χ3n) is 0.486. The van der Waals surface area contributed by atoms with Crippen LogP contribution in [0.4, 0.5) is 0 Å². The van der Waals surface area contributed by atoms with Crippen molar-refractivity contribution >= 4 is 5.90 Å². The zero-order valence-corrected chi connectivity index (χ0v) is 3.05. The summed E-state index contributed by atoms with van der Waals surface area (Å²) in [6, 6.07) is 0.